The Hall–Kier alpha value is -4.37. The molecule has 0 saturated carbocycles. The molecule has 3 heterocycles. The Labute approximate surface area is 275 Å². The Morgan fingerprint density at radius 1 is 0.796 bits per heavy atom. The standard InChI is InChI=1S/C31H34O18/c32-9-17-23(40)26(43)30(49-31-27(44)25(42)24(41)18(48-31)10-45-20(39)6-5-19(37)38)29(47-17)22-14(35)7-13(34)21-15(36)8-16(46-28(21)22)11-1-3-12(33)4-2-11/h1-4,7-8,17-18,23-27,29-35,40-44H,5-6,9-10H2,(H,37,38)/t17-,18+,23-,24-,25+,26+,27-,29+,30-,31+/m1/s1. The van der Waals surface area contributed by atoms with E-state index in [1.54, 1.807) is 0 Å². The number of carboxylic acid groups (broad SMARTS) is 1. The Morgan fingerprint density at radius 2 is 1.47 bits per heavy atom. The van der Waals surface area contributed by atoms with Crippen LogP contribution in [-0.2, 0) is 28.5 Å². The zero-order valence-corrected chi connectivity index (χ0v) is 25.3. The number of rotatable bonds is 10. The molecule has 3 aromatic rings. The highest BCUT2D eigenvalue weighted by atomic mass is 16.7. The van der Waals surface area contributed by atoms with E-state index in [0.717, 1.165) is 12.1 Å². The van der Waals surface area contributed by atoms with Crippen LogP contribution in [-0.4, -0.2) is 131 Å². The van der Waals surface area contributed by atoms with Gasteiger partial charge in [0.25, 0.3) is 0 Å². The molecule has 2 aliphatic heterocycles. The topological polar surface area (TPSA) is 304 Å². The third kappa shape index (κ3) is 7.32. The van der Waals surface area contributed by atoms with Crippen molar-refractivity contribution in [3.63, 3.8) is 0 Å². The van der Waals surface area contributed by atoms with Gasteiger partial charge in [-0.2, -0.15) is 0 Å². The Balaban J connectivity index is 1.54. The minimum Gasteiger partial charge on any atom is -0.508 e. The molecule has 2 fully saturated rings. The maximum absolute atomic E-state index is 13.3. The molecule has 2 aromatic carbocycles. The smallest absolute Gasteiger partial charge is 0.306 e. The molecule has 18 heteroatoms. The van der Waals surface area contributed by atoms with Crippen molar-refractivity contribution in [3.8, 4) is 28.6 Å². The van der Waals surface area contributed by atoms with Crippen molar-refractivity contribution in [2.45, 2.75) is 74.1 Å². The first-order chi connectivity index (χ1) is 23.2. The van der Waals surface area contributed by atoms with Gasteiger partial charge in [0, 0.05) is 17.7 Å². The van der Waals surface area contributed by atoms with Crippen LogP contribution in [0.3, 0.4) is 0 Å². The van der Waals surface area contributed by atoms with E-state index < -0.39 is 133 Å². The van der Waals surface area contributed by atoms with Crippen molar-refractivity contribution in [3.05, 3.63) is 52.2 Å². The van der Waals surface area contributed by atoms with Crippen molar-refractivity contribution >= 4 is 22.9 Å². The number of fused-ring (bicyclic) bond motifs is 1. The second-order valence-electron chi connectivity index (χ2n) is 11.5. The number of esters is 1. The van der Waals surface area contributed by atoms with Crippen molar-refractivity contribution in [2.24, 2.45) is 0 Å². The summed E-state index contributed by atoms with van der Waals surface area (Å²) in [5.41, 5.74) is -1.40. The molecule has 2 aliphatic rings. The lowest BCUT2D eigenvalue weighted by Crippen LogP contribution is -2.63. The fraction of sp³-hybridized carbons (Fsp3) is 0.452. The summed E-state index contributed by atoms with van der Waals surface area (Å²) < 4.78 is 28.1. The quantitative estimate of drug-likeness (QED) is 0.106. The molecule has 0 unspecified atom stereocenters. The highest BCUT2D eigenvalue weighted by Crippen LogP contribution is 2.45. The van der Waals surface area contributed by atoms with Gasteiger partial charge in [0.2, 0.25) is 0 Å². The monoisotopic (exact) mass is 694 g/mol. The van der Waals surface area contributed by atoms with Crippen molar-refractivity contribution in [1.82, 2.24) is 0 Å². The van der Waals surface area contributed by atoms with Gasteiger partial charge in [0.1, 0.15) is 89.9 Å². The summed E-state index contributed by atoms with van der Waals surface area (Å²) in [6.45, 7) is -1.61. The number of ether oxygens (including phenoxy) is 4. The number of benzene rings is 2. The number of aliphatic hydroxyl groups is 6. The summed E-state index contributed by atoms with van der Waals surface area (Å²) in [5.74, 6) is -3.91. The molecule has 0 spiro atoms. The van der Waals surface area contributed by atoms with Gasteiger partial charge >= 0.3 is 11.9 Å². The summed E-state index contributed by atoms with van der Waals surface area (Å²) in [5, 5.41) is 103. The second kappa shape index (κ2) is 14.6. The first kappa shape index (κ1) is 35.9. The van der Waals surface area contributed by atoms with Gasteiger partial charge in [-0.25, -0.2) is 0 Å². The van der Waals surface area contributed by atoms with Gasteiger partial charge in [-0.1, -0.05) is 0 Å². The molecule has 0 bridgehead atoms. The van der Waals surface area contributed by atoms with Gasteiger partial charge in [0.05, 0.1) is 25.0 Å². The van der Waals surface area contributed by atoms with Crippen LogP contribution in [0.4, 0.5) is 0 Å². The van der Waals surface area contributed by atoms with E-state index in [1.807, 2.05) is 0 Å². The molecule has 0 amide bonds. The number of aliphatic hydroxyl groups excluding tert-OH is 6. The summed E-state index contributed by atoms with van der Waals surface area (Å²) in [6.07, 6.45) is -19.5. The average Bonchev–Trinajstić information content (AvgIpc) is 3.06. The maximum Gasteiger partial charge on any atom is 0.306 e. The lowest BCUT2D eigenvalue weighted by atomic mass is 9.89. The Bertz CT molecular complexity index is 1720. The van der Waals surface area contributed by atoms with Crippen LogP contribution in [0.1, 0.15) is 24.5 Å². The molecule has 0 aliphatic carbocycles. The normalized spacial score (nSPS) is 30.2. The van der Waals surface area contributed by atoms with E-state index in [-0.39, 0.29) is 17.1 Å². The number of carboxylic acids is 1. The molecule has 10 N–H and O–H groups in total. The maximum atomic E-state index is 13.3. The van der Waals surface area contributed by atoms with Crippen molar-refractivity contribution < 1.29 is 84.0 Å². The third-order valence-corrected chi connectivity index (χ3v) is 8.21. The fourth-order valence-corrected chi connectivity index (χ4v) is 5.62. The van der Waals surface area contributed by atoms with Gasteiger partial charge in [0.15, 0.2) is 17.3 Å². The van der Waals surface area contributed by atoms with Crippen LogP contribution in [0.2, 0.25) is 0 Å². The summed E-state index contributed by atoms with van der Waals surface area (Å²) in [6, 6.07) is 7.25. The molecule has 1 aromatic heterocycles. The highest BCUT2D eigenvalue weighted by molar-refractivity contribution is 5.89. The highest BCUT2D eigenvalue weighted by Gasteiger charge is 2.52. The molecule has 2 saturated heterocycles. The lowest BCUT2D eigenvalue weighted by molar-refractivity contribution is -0.342. The number of aromatic hydroxyl groups is 3. The summed E-state index contributed by atoms with van der Waals surface area (Å²) in [4.78, 5) is 35.9. The number of phenols is 3. The lowest BCUT2D eigenvalue weighted by Gasteiger charge is -2.46. The number of phenolic OH excluding ortho intramolecular Hbond substituents is 3. The Kier molecular flexibility index (Phi) is 10.7. The molecule has 10 atom stereocenters. The minimum absolute atomic E-state index is 0.0932. The van der Waals surface area contributed by atoms with Gasteiger partial charge in [-0.15, -0.1) is 0 Å². The zero-order valence-electron chi connectivity index (χ0n) is 25.3. The van der Waals surface area contributed by atoms with E-state index in [1.165, 1.54) is 24.3 Å². The van der Waals surface area contributed by atoms with Gasteiger partial charge in [-0.3, -0.25) is 14.4 Å². The number of carbonyl (C=O) groups is 2. The molecule has 266 valence electrons. The van der Waals surface area contributed by atoms with Crippen LogP contribution in [0.25, 0.3) is 22.3 Å². The predicted molar refractivity (Wildman–Crippen MR) is 159 cm³/mol. The number of hydrogen-bond donors (Lipinski definition) is 10. The molecule has 49 heavy (non-hydrogen) atoms. The van der Waals surface area contributed by atoms with Crippen LogP contribution in [0.5, 0.6) is 17.2 Å². The van der Waals surface area contributed by atoms with Crippen LogP contribution < -0.4 is 5.43 Å². The molecule has 5 rings (SSSR count). The SMILES string of the molecule is O=C(O)CCC(=O)OC[C@@H]1O[C@@H](O[C@@H]2[C@@H](O)[C@H](O)[C@@H](CO)O[C@H]2c2c(O)cc(O)c3c(=O)cc(-c4ccc(O)cc4)oc23)[C@H](O)[C@@H](O)[C@@H]1O. The predicted octanol–water partition coefficient (Wildman–Crippen LogP) is -1.67. The first-order valence-corrected chi connectivity index (χ1v) is 14.9. The molecule has 18 nitrogen and oxygen atoms in total. The molecule has 0 radical (unpaired) electrons. The van der Waals surface area contributed by atoms with E-state index in [0.29, 0.717) is 0 Å². The van der Waals surface area contributed by atoms with Crippen LogP contribution in [0, 0.1) is 0 Å². The number of hydrogen-bond acceptors (Lipinski definition) is 17. The second-order valence-corrected chi connectivity index (χ2v) is 11.5. The van der Waals surface area contributed by atoms with Crippen molar-refractivity contribution in [2.75, 3.05) is 13.2 Å². The van der Waals surface area contributed by atoms with E-state index in [2.05, 4.69) is 0 Å². The van der Waals surface area contributed by atoms with Crippen molar-refractivity contribution in [1.29, 1.82) is 0 Å². The van der Waals surface area contributed by atoms with Crippen LogP contribution >= 0.6 is 0 Å². The summed E-state index contributed by atoms with van der Waals surface area (Å²) >= 11 is 0. The molecular formula is C31H34O18. The van der Waals surface area contributed by atoms with Gasteiger partial charge in [-0.05, 0) is 24.3 Å². The largest absolute Gasteiger partial charge is 0.508 e. The number of aliphatic carboxylic acids is 1. The average molecular weight is 695 g/mol. The van der Waals surface area contributed by atoms with E-state index in [9.17, 15) is 60.3 Å². The van der Waals surface area contributed by atoms with E-state index in [4.69, 9.17) is 28.5 Å². The van der Waals surface area contributed by atoms with Crippen LogP contribution in [0.15, 0.2) is 45.6 Å². The molecular weight excluding hydrogens is 660 g/mol. The zero-order chi connectivity index (χ0) is 35.7. The minimum atomic E-state index is -2.04. The van der Waals surface area contributed by atoms with Gasteiger partial charge < -0.3 is 74.4 Å². The number of carbonyl (C=O) groups excluding carboxylic acids is 1. The third-order valence-electron chi connectivity index (χ3n) is 8.21. The fourth-order valence-electron chi connectivity index (χ4n) is 5.62. The first-order valence-electron chi connectivity index (χ1n) is 14.9. The Morgan fingerprint density at radius 3 is 2.12 bits per heavy atom. The van der Waals surface area contributed by atoms with E-state index >= 15 is 0 Å². The summed E-state index contributed by atoms with van der Waals surface area (Å²) in [7, 11) is 0.